The fourth-order valence-electron chi connectivity index (χ4n) is 2.58. The quantitative estimate of drug-likeness (QED) is 0.342. The summed E-state index contributed by atoms with van der Waals surface area (Å²) in [7, 11) is 0. The van der Waals surface area contributed by atoms with Crippen molar-refractivity contribution < 1.29 is 27.4 Å². The predicted molar refractivity (Wildman–Crippen MR) is 97.7 cm³/mol. The van der Waals surface area contributed by atoms with Crippen LogP contribution in [0, 0.1) is 10.1 Å². The summed E-state index contributed by atoms with van der Waals surface area (Å²) in [6, 6.07) is 12.1. The van der Waals surface area contributed by atoms with Gasteiger partial charge in [-0.05, 0) is 48.5 Å². The number of rotatable bonds is 5. The van der Waals surface area contributed by atoms with E-state index >= 15 is 0 Å². The molecule has 0 unspecified atom stereocenters. The van der Waals surface area contributed by atoms with E-state index in [4.69, 9.17) is 9.26 Å². The number of hydrogen-bond donors (Lipinski definition) is 1. The second-order valence-electron chi connectivity index (χ2n) is 6.10. The minimum Gasteiger partial charge on any atom is -0.457 e. The van der Waals surface area contributed by atoms with Crippen LogP contribution in [0.2, 0.25) is 0 Å². The van der Waals surface area contributed by atoms with Gasteiger partial charge >= 0.3 is 6.18 Å². The van der Waals surface area contributed by atoms with Crippen molar-refractivity contribution in [3.63, 3.8) is 0 Å². The first kappa shape index (κ1) is 19.2. The van der Waals surface area contributed by atoms with Crippen LogP contribution in [0.3, 0.4) is 0 Å². The predicted octanol–water partition coefficient (Wildman–Crippen LogP) is 5.45. The topological polar surface area (TPSA) is 107 Å². The molecule has 0 aliphatic rings. The zero-order chi connectivity index (χ0) is 21.3. The Kier molecular flexibility index (Phi) is 4.70. The smallest absolute Gasteiger partial charge is 0.416 e. The van der Waals surface area contributed by atoms with Gasteiger partial charge in [0.25, 0.3) is 11.6 Å². The average molecular weight is 416 g/mol. The van der Waals surface area contributed by atoms with E-state index in [0.717, 1.165) is 12.1 Å². The highest BCUT2D eigenvalue weighted by Crippen LogP contribution is 2.32. The average Bonchev–Trinajstić information content (AvgIpc) is 3.38. The van der Waals surface area contributed by atoms with Crippen LogP contribution in [0.4, 0.5) is 18.9 Å². The number of aromatic amines is 1. The van der Waals surface area contributed by atoms with Crippen LogP contribution in [-0.2, 0) is 6.18 Å². The Bertz CT molecular complexity index is 1180. The summed E-state index contributed by atoms with van der Waals surface area (Å²) < 4.78 is 48.5. The molecule has 0 aliphatic heterocycles. The number of halogens is 3. The lowest BCUT2D eigenvalue weighted by molar-refractivity contribution is -0.384. The Hall–Kier alpha value is -4.15. The van der Waals surface area contributed by atoms with Crippen molar-refractivity contribution in [2.24, 2.45) is 0 Å². The first-order valence-electron chi connectivity index (χ1n) is 8.42. The zero-order valence-corrected chi connectivity index (χ0v) is 14.9. The maximum atomic E-state index is 12.6. The van der Waals surface area contributed by atoms with Crippen molar-refractivity contribution >= 4 is 5.69 Å². The van der Waals surface area contributed by atoms with E-state index in [0.29, 0.717) is 17.0 Å². The molecule has 4 aromatic rings. The van der Waals surface area contributed by atoms with Gasteiger partial charge in [0.2, 0.25) is 5.82 Å². The van der Waals surface area contributed by atoms with Crippen LogP contribution >= 0.6 is 0 Å². The SMILES string of the molecule is O=[N+]([O-])c1c[nH]c(-c2nc(-c3ccc(Oc4ccc(C(F)(F)F)cc4)cc3)no2)c1. The van der Waals surface area contributed by atoms with Gasteiger partial charge in [0.15, 0.2) is 0 Å². The lowest BCUT2D eigenvalue weighted by atomic mass is 10.2. The van der Waals surface area contributed by atoms with Gasteiger partial charge in [0.1, 0.15) is 17.2 Å². The molecule has 4 rings (SSSR count). The van der Waals surface area contributed by atoms with Gasteiger partial charge < -0.3 is 14.2 Å². The fraction of sp³-hybridized carbons (Fsp3) is 0.0526. The minimum absolute atomic E-state index is 0.0863. The lowest BCUT2D eigenvalue weighted by Crippen LogP contribution is -2.03. The summed E-state index contributed by atoms with van der Waals surface area (Å²) in [5.41, 5.74) is 0.00792. The highest BCUT2D eigenvalue weighted by Gasteiger charge is 2.30. The Balaban J connectivity index is 1.47. The van der Waals surface area contributed by atoms with E-state index in [-0.39, 0.29) is 23.2 Å². The van der Waals surface area contributed by atoms with Crippen molar-refractivity contribution in [1.82, 2.24) is 15.1 Å². The molecule has 152 valence electrons. The number of H-pyrrole nitrogens is 1. The monoisotopic (exact) mass is 416 g/mol. The first-order valence-corrected chi connectivity index (χ1v) is 8.42. The van der Waals surface area contributed by atoms with E-state index in [1.807, 2.05) is 0 Å². The molecule has 0 spiro atoms. The number of nitro groups is 1. The minimum atomic E-state index is -4.41. The van der Waals surface area contributed by atoms with Crippen molar-refractivity contribution in [1.29, 1.82) is 0 Å². The van der Waals surface area contributed by atoms with Crippen molar-refractivity contribution in [3.05, 3.63) is 76.5 Å². The Morgan fingerprint density at radius 3 is 2.23 bits per heavy atom. The number of alkyl halides is 3. The normalized spacial score (nSPS) is 11.4. The molecule has 0 saturated carbocycles. The summed E-state index contributed by atoms with van der Waals surface area (Å²) in [6.45, 7) is 0. The molecule has 30 heavy (non-hydrogen) atoms. The molecular formula is C19H11F3N4O4. The van der Waals surface area contributed by atoms with E-state index in [1.165, 1.54) is 24.4 Å². The zero-order valence-electron chi connectivity index (χ0n) is 14.9. The van der Waals surface area contributed by atoms with Gasteiger partial charge in [-0.1, -0.05) is 5.16 Å². The number of benzene rings is 2. The molecule has 2 aromatic heterocycles. The molecular weight excluding hydrogens is 405 g/mol. The molecule has 0 saturated heterocycles. The number of hydrogen-bond acceptors (Lipinski definition) is 6. The molecule has 0 bridgehead atoms. The van der Waals surface area contributed by atoms with Gasteiger partial charge in [0.05, 0.1) is 16.7 Å². The first-order chi connectivity index (χ1) is 14.3. The lowest BCUT2D eigenvalue weighted by Gasteiger charge is -2.09. The molecule has 0 radical (unpaired) electrons. The number of nitrogens with one attached hydrogen (secondary N) is 1. The number of nitrogens with zero attached hydrogens (tertiary/aromatic N) is 3. The molecule has 0 fully saturated rings. The third-order valence-electron chi connectivity index (χ3n) is 4.06. The molecule has 2 aromatic carbocycles. The van der Waals surface area contributed by atoms with Crippen LogP contribution in [-0.4, -0.2) is 20.0 Å². The summed E-state index contributed by atoms with van der Waals surface area (Å²) >= 11 is 0. The van der Waals surface area contributed by atoms with Gasteiger partial charge in [-0.25, -0.2) is 0 Å². The second kappa shape index (κ2) is 7.35. The molecule has 0 atom stereocenters. The van der Waals surface area contributed by atoms with E-state index in [2.05, 4.69) is 15.1 Å². The van der Waals surface area contributed by atoms with Crippen LogP contribution in [0.25, 0.3) is 23.0 Å². The van der Waals surface area contributed by atoms with Crippen LogP contribution < -0.4 is 4.74 Å². The Morgan fingerprint density at radius 2 is 1.67 bits per heavy atom. The van der Waals surface area contributed by atoms with Crippen molar-refractivity contribution in [2.45, 2.75) is 6.18 Å². The van der Waals surface area contributed by atoms with Crippen LogP contribution in [0.15, 0.2) is 65.3 Å². The maximum absolute atomic E-state index is 12.6. The van der Waals surface area contributed by atoms with Crippen LogP contribution in [0.1, 0.15) is 5.56 Å². The Morgan fingerprint density at radius 1 is 1.03 bits per heavy atom. The van der Waals surface area contributed by atoms with Gasteiger partial charge in [0, 0.05) is 11.6 Å². The maximum Gasteiger partial charge on any atom is 0.416 e. The number of aromatic nitrogens is 3. The second-order valence-corrected chi connectivity index (χ2v) is 6.10. The molecule has 1 N–H and O–H groups in total. The Labute approximate surface area is 166 Å². The van der Waals surface area contributed by atoms with Crippen molar-refractivity contribution in [2.75, 3.05) is 0 Å². The summed E-state index contributed by atoms with van der Waals surface area (Å²) in [5, 5.41) is 14.6. The molecule has 2 heterocycles. The summed E-state index contributed by atoms with van der Waals surface area (Å²) in [5.74, 6) is 1.000. The molecule has 11 heteroatoms. The van der Waals surface area contributed by atoms with Gasteiger partial charge in [-0.3, -0.25) is 10.1 Å². The van der Waals surface area contributed by atoms with E-state index in [1.54, 1.807) is 24.3 Å². The highest BCUT2D eigenvalue weighted by atomic mass is 19.4. The van der Waals surface area contributed by atoms with Gasteiger partial charge in [-0.15, -0.1) is 0 Å². The third kappa shape index (κ3) is 3.99. The van der Waals surface area contributed by atoms with E-state index in [9.17, 15) is 23.3 Å². The van der Waals surface area contributed by atoms with Crippen LogP contribution in [0.5, 0.6) is 11.5 Å². The summed E-state index contributed by atoms with van der Waals surface area (Å²) in [6.07, 6.45) is -3.19. The van der Waals surface area contributed by atoms with Crippen molar-refractivity contribution in [3.8, 4) is 34.5 Å². The van der Waals surface area contributed by atoms with E-state index < -0.39 is 16.7 Å². The summed E-state index contributed by atoms with van der Waals surface area (Å²) in [4.78, 5) is 17.1. The highest BCUT2D eigenvalue weighted by molar-refractivity contribution is 5.60. The van der Waals surface area contributed by atoms with Gasteiger partial charge in [-0.2, -0.15) is 18.2 Å². The third-order valence-corrected chi connectivity index (χ3v) is 4.06. The molecule has 0 amide bonds. The standard InChI is InChI=1S/C19H11F3N4O4/c20-19(21,22)12-3-7-15(8-4-12)29-14-5-1-11(2-6-14)17-24-18(30-25-17)16-9-13(10-23-16)26(27)28/h1-10,23H. The largest absolute Gasteiger partial charge is 0.457 e. The molecule has 0 aliphatic carbocycles. The number of ether oxygens (including phenoxy) is 1. The fourth-order valence-corrected chi connectivity index (χ4v) is 2.58. The molecule has 8 nitrogen and oxygen atoms in total.